The van der Waals surface area contributed by atoms with E-state index in [1.807, 2.05) is 32.0 Å². The first-order valence-electron chi connectivity index (χ1n) is 7.69. The minimum absolute atomic E-state index is 0.0579. The van der Waals surface area contributed by atoms with Crippen molar-refractivity contribution in [2.45, 2.75) is 13.8 Å². The van der Waals surface area contributed by atoms with E-state index in [4.69, 9.17) is 16.3 Å². The van der Waals surface area contributed by atoms with Gasteiger partial charge in [0.15, 0.2) is 0 Å². The number of hydrogen-bond donors (Lipinski definition) is 1. The van der Waals surface area contributed by atoms with Crippen LogP contribution in [-0.2, 0) is 9.59 Å². The van der Waals surface area contributed by atoms with Crippen molar-refractivity contribution in [1.82, 2.24) is 0 Å². The lowest BCUT2D eigenvalue weighted by atomic mass is 10.1. The number of halogens is 1. The largest absolute Gasteiger partial charge is 0.495 e. The number of carbonyl (C=O) groups excluding carboxylic acids is 2. The fourth-order valence-corrected chi connectivity index (χ4v) is 3.05. The Kier molecular flexibility index (Phi) is 4.51. The van der Waals surface area contributed by atoms with Gasteiger partial charge < -0.3 is 10.1 Å². The standard InChI is InChI=1S/C19H17ClN2O3/c1-11-8-12(2)10-13(9-11)21-17-16(20)18(23)22(19(17)24)14-6-4-5-7-15(14)25-3/h4-10,21H,1-3H3. The quantitative estimate of drug-likeness (QED) is 0.848. The van der Waals surface area contributed by atoms with Gasteiger partial charge in [-0.05, 0) is 49.2 Å². The van der Waals surface area contributed by atoms with E-state index in [9.17, 15) is 9.59 Å². The van der Waals surface area contributed by atoms with Crippen LogP contribution in [0.2, 0.25) is 0 Å². The van der Waals surface area contributed by atoms with Gasteiger partial charge in [0.25, 0.3) is 11.8 Å². The van der Waals surface area contributed by atoms with E-state index >= 15 is 0 Å². The molecule has 5 nitrogen and oxygen atoms in total. The Balaban J connectivity index is 1.97. The highest BCUT2D eigenvalue weighted by Crippen LogP contribution is 2.35. The molecule has 0 spiro atoms. The van der Waals surface area contributed by atoms with Gasteiger partial charge in [-0.25, -0.2) is 4.90 Å². The molecule has 0 saturated carbocycles. The van der Waals surface area contributed by atoms with E-state index in [2.05, 4.69) is 5.32 Å². The van der Waals surface area contributed by atoms with Gasteiger partial charge in [0.1, 0.15) is 16.5 Å². The monoisotopic (exact) mass is 356 g/mol. The van der Waals surface area contributed by atoms with Crippen molar-refractivity contribution in [3.8, 4) is 5.75 Å². The van der Waals surface area contributed by atoms with Crippen molar-refractivity contribution in [1.29, 1.82) is 0 Å². The second-order valence-electron chi connectivity index (χ2n) is 5.81. The van der Waals surface area contributed by atoms with Crippen molar-refractivity contribution in [2.24, 2.45) is 0 Å². The first-order valence-corrected chi connectivity index (χ1v) is 8.07. The number of nitrogens with zero attached hydrogens (tertiary/aromatic N) is 1. The average molecular weight is 357 g/mol. The molecule has 0 saturated heterocycles. The molecule has 6 heteroatoms. The van der Waals surface area contributed by atoms with E-state index in [0.29, 0.717) is 17.1 Å². The molecule has 3 rings (SSSR count). The van der Waals surface area contributed by atoms with Gasteiger partial charge in [0, 0.05) is 5.69 Å². The van der Waals surface area contributed by atoms with E-state index < -0.39 is 11.8 Å². The molecule has 2 amide bonds. The molecule has 1 aliphatic heterocycles. The third kappa shape index (κ3) is 3.10. The van der Waals surface area contributed by atoms with Gasteiger partial charge in [0.05, 0.1) is 12.8 Å². The molecule has 0 radical (unpaired) electrons. The second kappa shape index (κ2) is 6.61. The number of imide groups is 1. The number of benzene rings is 2. The lowest BCUT2D eigenvalue weighted by Gasteiger charge is -2.18. The predicted octanol–water partition coefficient (Wildman–Crippen LogP) is 3.75. The lowest BCUT2D eigenvalue weighted by Crippen LogP contribution is -2.32. The number of hydrogen-bond acceptors (Lipinski definition) is 4. The number of ether oxygens (including phenoxy) is 1. The van der Waals surface area contributed by atoms with Crippen LogP contribution < -0.4 is 15.0 Å². The summed E-state index contributed by atoms with van der Waals surface area (Å²) < 4.78 is 5.25. The molecule has 1 aliphatic rings. The predicted molar refractivity (Wildman–Crippen MR) is 97.9 cm³/mol. The summed E-state index contributed by atoms with van der Waals surface area (Å²) in [7, 11) is 1.48. The third-order valence-electron chi connectivity index (χ3n) is 3.84. The van der Waals surface area contributed by atoms with Gasteiger partial charge in [0.2, 0.25) is 0 Å². The molecule has 0 atom stereocenters. The number of para-hydroxylation sites is 2. The van der Waals surface area contributed by atoms with Crippen LogP contribution in [0.25, 0.3) is 0 Å². The molecule has 0 aromatic heterocycles. The van der Waals surface area contributed by atoms with E-state index in [1.54, 1.807) is 24.3 Å². The molecule has 25 heavy (non-hydrogen) atoms. The minimum atomic E-state index is -0.581. The number of anilines is 2. The van der Waals surface area contributed by atoms with Crippen molar-refractivity contribution < 1.29 is 14.3 Å². The number of nitrogens with one attached hydrogen (secondary N) is 1. The molecular formula is C19H17ClN2O3. The smallest absolute Gasteiger partial charge is 0.283 e. The summed E-state index contributed by atoms with van der Waals surface area (Å²) in [5.41, 5.74) is 3.20. The molecular weight excluding hydrogens is 340 g/mol. The molecule has 0 bridgehead atoms. The summed E-state index contributed by atoms with van der Waals surface area (Å²) in [6.07, 6.45) is 0. The number of rotatable bonds is 4. The number of amides is 2. The molecule has 2 aromatic carbocycles. The molecule has 0 unspecified atom stereocenters. The lowest BCUT2D eigenvalue weighted by molar-refractivity contribution is -0.120. The van der Waals surface area contributed by atoms with Crippen molar-refractivity contribution in [3.63, 3.8) is 0 Å². The first kappa shape index (κ1) is 17.0. The Morgan fingerprint density at radius 2 is 1.64 bits per heavy atom. The summed E-state index contributed by atoms with van der Waals surface area (Å²) in [6.45, 7) is 3.91. The van der Waals surface area contributed by atoms with Crippen LogP contribution in [0.15, 0.2) is 53.2 Å². The third-order valence-corrected chi connectivity index (χ3v) is 4.20. The van der Waals surface area contributed by atoms with Crippen molar-refractivity contribution in [2.75, 3.05) is 17.3 Å². The van der Waals surface area contributed by atoms with Gasteiger partial charge in [-0.1, -0.05) is 29.8 Å². The molecule has 1 heterocycles. The van der Waals surface area contributed by atoms with Crippen LogP contribution in [0.4, 0.5) is 11.4 Å². The molecule has 2 aromatic rings. The SMILES string of the molecule is COc1ccccc1N1C(=O)C(Cl)=C(Nc2cc(C)cc(C)c2)C1=O. The molecule has 1 N–H and O–H groups in total. The topological polar surface area (TPSA) is 58.6 Å². The van der Waals surface area contributed by atoms with Crippen LogP contribution in [0, 0.1) is 13.8 Å². The molecule has 128 valence electrons. The zero-order valence-electron chi connectivity index (χ0n) is 14.1. The first-order chi connectivity index (χ1) is 11.9. The average Bonchev–Trinajstić information content (AvgIpc) is 2.77. The van der Waals surface area contributed by atoms with Crippen LogP contribution in [-0.4, -0.2) is 18.9 Å². The highest BCUT2D eigenvalue weighted by Gasteiger charge is 2.40. The maximum absolute atomic E-state index is 12.8. The Morgan fingerprint density at radius 1 is 1.00 bits per heavy atom. The van der Waals surface area contributed by atoms with E-state index in [-0.39, 0.29) is 10.7 Å². The summed E-state index contributed by atoms with van der Waals surface area (Å²) in [4.78, 5) is 26.4. The van der Waals surface area contributed by atoms with E-state index in [1.165, 1.54) is 7.11 Å². The Morgan fingerprint density at radius 3 is 2.28 bits per heavy atom. The summed E-state index contributed by atoms with van der Waals surface area (Å²) >= 11 is 6.16. The normalized spacial score (nSPS) is 14.3. The molecule has 0 fully saturated rings. The van der Waals surface area contributed by atoms with Crippen LogP contribution in [0.5, 0.6) is 5.75 Å². The summed E-state index contributed by atoms with van der Waals surface area (Å²) in [6, 6.07) is 12.6. The fraction of sp³-hybridized carbons (Fsp3) is 0.158. The van der Waals surface area contributed by atoms with Crippen LogP contribution >= 0.6 is 11.6 Å². The molecule has 0 aliphatic carbocycles. The zero-order chi connectivity index (χ0) is 18.1. The van der Waals surface area contributed by atoms with Gasteiger partial charge in [-0.3, -0.25) is 9.59 Å². The second-order valence-corrected chi connectivity index (χ2v) is 6.19. The van der Waals surface area contributed by atoms with Gasteiger partial charge in [-0.15, -0.1) is 0 Å². The summed E-state index contributed by atoms with van der Waals surface area (Å²) in [5.74, 6) is -0.678. The minimum Gasteiger partial charge on any atom is -0.495 e. The highest BCUT2D eigenvalue weighted by molar-refractivity contribution is 6.53. The van der Waals surface area contributed by atoms with Crippen molar-refractivity contribution in [3.05, 3.63) is 64.3 Å². The Labute approximate surface area is 150 Å². The van der Waals surface area contributed by atoms with Crippen LogP contribution in [0.3, 0.4) is 0 Å². The highest BCUT2D eigenvalue weighted by atomic mass is 35.5. The van der Waals surface area contributed by atoms with Crippen LogP contribution in [0.1, 0.15) is 11.1 Å². The van der Waals surface area contributed by atoms with Gasteiger partial charge in [-0.2, -0.15) is 0 Å². The van der Waals surface area contributed by atoms with Gasteiger partial charge >= 0.3 is 0 Å². The maximum atomic E-state index is 12.8. The maximum Gasteiger partial charge on any atom is 0.283 e. The number of carbonyl (C=O) groups is 2. The van der Waals surface area contributed by atoms with Crippen molar-refractivity contribution >= 4 is 34.8 Å². The number of methoxy groups -OCH3 is 1. The summed E-state index contributed by atoms with van der Waals surface area (Å²) in [5, 5.41) is 2.84. The Hall–Kier alpha value is -2.79. The number of aryl methyl sites for hydroxylation is 2. The Bertz CT molecular complexity index is 885. The zero-order valence-corrected chi connectivity index (χ0v) is 14.8. The van der Waals surface area contributed by atoms with E-state index in [0.717, 1.165) is 16.0 Å². The fourth-order valence-electron chi connectivity index (χ4n) is 2.84.